The van der Waals surface area contributed by atoms with E-state index >= 15 is 0 Å². The predicted molar refractivity (Wildman–Crippen MR) is 80.7 cm³/mol. The van der Waals surface area contributed by atoms with Gasteiger partial charge in [-0.2, -0.15) is 0 Å². The quantitative estimate of drug-likeness (QED) is 0.863. The maximum absolute atomic E-state index is 12.6. The average Bonchev–Trinajstić information content (AvgIpc) is 2.87. The first-order valence-electron chi connectivity index (χ1n) is 7.10. The zero-order valence-electron chi connectivity index (χ0n) is 12.3. The number of nitrogens with one attached hydrogen (secondary N) is 1. The summed E-state index contributed by atoms with van der Waals surface area (Å²) in [5.74, 6) is 0.188. The van der Waals surface area contributed by atoms with E-state index in [2.05, 4.69) is 4.98 Å². The summed E-state index contributed by atoms with van der Waals surface area (Å²) in [6.45, 7) is 2.35. The maximum atomic E-state index is 12.6. The van der Waals surface area contributed by atoms with E-state index in [0.29, 0.717) is 12.1 Å². The largest absolute Gasteiger partial charge is 0.329 e. The van der Waals surface area contributed by atoms with Crippen molar-refractivity contribution >= 4 is 11.6 Å². The Hall–Kier alpha value is -1.07. The lowest BCUT2D eigenvalue weighted by atomic mass is 10.0. The molecule has 5 nitrogen and oxygen atoms in total. The minimum atomic E-state index is -0.421. The second kappa shape index (κ2) is 6.14. The number of H-pyrrole nitrogens is 1. The van der Waals surface area contributed by atoms with Crippen LogP contribution in [-0.4, -0.2) is 34.6 Å². The Bertz CT molecular complexity index is 585. The van der Waals surface area contributed by atoms with Crippen molar-refractivity contribution in [3.8, 4) is 0 Å². The van der Waals surface area contributed by atoms with Crippen LogP contribution in [0.5, 0.6) is 0 Å². The van der Waals surface area contributed by atoms with Gasteiger partial charge in [0.25, 0.3) is 5.56 Å². The molecule has 0 radical (unpaired) electrons. The van der Waals surface area contributed by atoms with Crippen LogP contribution in [0.4, 0.5) is 0 Å². The molecule has 0 bridgehead atoms. The Morgan fingerprint density at radius 3 is 2.50 bits per heavy atom. The smallest absolute Gasteiger partial charge is 0.305 e. The Balaban J connectivity index is 2.44. The Morgan fingerprint density at radius 2 is 1.95 bits per heavy atom. The highest BCUT2D eigenvalue weighted by Crippen LogP contribution is 2.34. The van der Waals surface area contributed by atoms with Crippen molar-refractivity contribution in [1.82, 2.24) is 14.5 Å². The van der Waals surface area contributed by atoms with Gasteiger partial charge in [0.15, 0.2) is 0 Å². The fourth-order valence-corrected chi connectivity index (χ4v) is 3.04. The number of hydrogen-bond donors (Lipinski definition) is 1. The monoisotopic (exact) mass is 299 g/mol. The molecule has 20 heavy (non-hydrogen) atoms. The first kappa shape index (κ1) is 15.3. The molecule has 1 aromatic rings. The van der Waals surface area contributed by atoms with Crippen LogP contribution in [0.25, 0.3) is 0 Å². The predicted octanol–water partition coefficient (Wildman–Crippen LogP) is 1.80. The van der Waals surface area contributed by atoms with E-state index in [4.69, 9.17) is 11.6 Å². The molecular formula is C14H22ClN3O2. The standard InChI is InChI=1S/C14H22ClN3O2/c1-9(17(2)3)8-18-13(19)11(10-6-4-5-7-10)12(15)16-14(18)20/h9-10H,4-8H2,1-3H3,(H,16,20). The summed E-state index contributed by atoms with van der Waals surface area (Å²) in [6.07, 6.45) is 4.19. The number of aromatic amines is 1. The third-order valence-corrected chi connectivity index (χ3v) is 4.56. The van der Waals surface area contributed by atoms with E-state index in [9.17, 15) is 9.59 Å². The summed E-state index contributed by atoms with van der Waals surface area (Å²) >= 11 is 6.11. The van der Waals surface area contributed by atoms with Crippen molar-refractivity contribution in [3.63, 3.8) is 0 Å². The molecule has 112 valence electrons. The first-order chi connectivity index (χ1) is 9.41. The second-order valence-corrected chi connectivity index (χ2v) is 6.25. The molecule has 0 amide bonds. The lowest BCUT2D eigenvalue weighted by Gasteiger charge is -2.21. The van der Waals surface area contributed by atoms with E-state index in [1.54, 1.807) is 0 Å². The molecule has 6 heteroatoms. The van der Waals surface area contributed by atoms with Gasteiger partial charge in [0, 0.05) is 12.6 Å². The lowest BCUT2D eigenvalue weighted by molar-refractivity contribution is 0.277. The van der Waals surface area contributed by atoms with E-state index in [0.717, 1.165) is 25.7 Å². The van der Waals surface area contributed by atoms with Gasteiger partial charge in [-0.3, -0.25) is 14.3 Å². The van der Waals surface area contributed by atoms with Crippen molar-refractivity contribution in [3.05, 3.63) is 31.6 Å². The fraction of sp³-hybridized carbons (Fsp3) is 0.714. The topological polar surface area (TPSA) is 58.1 Å². The Labute approximate surface area is 123 Å². The highest BCUT2D eigenvalue weighted by atomic mass is 35.5. The van der Waals surface area contributed by atoms with Crippen molar-refractivity contribution in [2.45, 2.75) is 51.1 Å². The Morgan fingerprint density at radius 1 is 1.35 bits per heavy atom. The molecule has 0 saturated heterocycles. The number of halogens is 1. The molecule has 1 fully saturated rings. The molecule has 1 aromatic heterocycles. The second-order valence-electron chi connectivity index (χ2n) is 5.87. The molecule has 2 rings (SSSR count). The molecule has 0 aliphatic heterocycles. The van der Waals surface area contributed by atoms with E-state index in [-0.39, 0.29) is 22.7 Å². The Kier molecular flexibility index (Phi) is 4.70. The third-order valence-electron chi connectivity index (χ3n) is 4.27. The van der Waals surface area contributed by atoms with Gasteiger partial charge in [0.2, 0.25) is 0 Å². The zero-order valence-corrected chi connectivity index (χ0v) is 13.0. The highest BCUT2D eigenvalue weighted by Gasteiger charge is 2.25. The van der Waals surface area contributed by atoms with Crippen LogP contribution in [0.1, 0.15) is 44.1 Å². The molecule has 0 spiro atoms. The maximum Gasteiger partial charge on any atom is 0.329 e. The van der Waals surface area contributed by atoms with Crippen LogP contribution in [-0.2, 0) is 6.54 Å². The van der Waals surface area contributed by atoms with Gasteiger partial charge in [-0.25, -0.2) is 4.79 Å². The normalized spacial score (nSPS) is 17.9. The molecule has 1 unspecified atom stereocenters. The van der Waals surface area contributed by atoms with Crippen LogP contribution >= 0.6 is 11.6 Å². The van der Waals surface area contributed by atoms with E-state index in [1.807, 2.05) is 25.9 Å². The van der Waals surface area contributed by atoms with Crippen LogP contribution in [0.15, 0.2) is 9.59 Å². The van der Waals surface area contributed by atoms with E-state index in [1.165, 1.54) is 4.57 Å². The van der Waals surface area contributed by atoms with Crippen LogP contribution in [0, 0.1) is 0 Å². The minimum absolute atomic E-state index is 0.103. The van der Waals surface area contributed by atoms with Crippen molar-refractivity contribution in [2.75, 3.05) is 14.1 Å². The molecule has 1 aliphatic rings. The molecule has 1 heterocycles. The van der Waals surface area contributed by atoms with Crippen molar-refractivity contribution in [2.24, 2.45) is 0 Å². The summed E-state index contributed by atoms with van der Waals surface area (Å²) in [5.41, 5.74) is -0.0514. The number of rotatable bonds is 4. The van der Waals surface area contributed by atoms with Gasteiger partial charge >= 0.3 is 5.69 Å². The van der Waals surface area contributed by atoms with Gasteiger partial charge in [0.05, 0.1) is 5.56 Å². The molecule has 1 atom stereocenters. The van der Waals surface area contributed by atoms with Crippen LogP contribution in [0.2, 0.25) is 5.15 Å². The van der Waals surface area contributed by atoms with Crippen LogP contribution < -0.4 is 11.2 Å². The summed E-state index contributed by atoms with van der Waals surface area (Å²) < 4.78 is 1.28. The summed E-state index contributed by atoms with van der Waals surface area (Å²) in [4.78, 5) is 29.2. The summed E-state index contributed by atoms with van der Waals surface area (Å²) in [6, 6.07) is 0.103. The first-order valence-corrected chi connectivity index (χ1v) is 7.48. The zero-order chi connectivity index (χ0) is 14.9. The SMILES string of the molecule is CC(Cn1c(=O)[nH]c(Cl)c(C2CCCC2)c1=O)N(C)C. The van der Waals surface area contributed by atoms with Gasteiger partial charge in [-0.1, -0.05) is 24.4 Å². The molecule has 0 aromatic carbocycles. The fourth-order valence-electron chi connectivity index (χ4n) is 2.72. The van der Waals surface area contributed by atoms with Crippen molar-refractivity contribution in [1.29, 1.82) is 0 Å². The van der Waals surface area contributed by atoms with Gasteiger partial charge in [-0.15, -0.1) is 0 Å². The van der Waals surface area contributed by atoms with Gasteiger partial charge < -0.3 is 4.90 Å². The summed E-state index contributed by atoms with van der Waals surface area (Å²) in [5, 5.41) is 0.223. The van der Waals surface area contributed by atoms with Crippen LogP contribution in [0.3, 0.4) is 0 Å². The average molecular weight is 300 g/mol. The summed E-state index contributed by atoms with van der Waals surface area (Å²) in [7, 11) is 3.86. The highest BCUT2D eigenvalue weighted by molar-refractivity contribution is 6.30. The van der Waals surface area contributed by atoms with Crippen molar-refractivity contribution < 1.29 is 0 Å². The van der Waals surface area contributed by atoms with E-state index < -0.39 is 5.69 Å². The number of nitrogens with zero attached hydrogens (tertiary/aromatic N) is 2. The number of hydrogen-bond acceptors (Lipinski definition) is 3. The molecule has 1 aliphatic carbocycles. The molecule has 1 saturated carbocycles. The minimum Gasteiger partial charge on any atom is -0.305 e. The lowest BCUT2D eigenvalue weighted by Crippen LogP contribution is -2.43. The number of likely N-dealkylation sites (N-methyl/N-ethyl adjacent to an activating group) is 1. The molecular weight excluding hydrogens is 278 g/mol. The van der Waals surface area contributed by atoms with Gasteiger partial charge in [-0.05, 0) is 39.8 Å². The number of aromatic nitrogens is 2. The molecule has 1 N–H and O–H groups in total. The third kappa shape index (κ3) is 2.99. The van der Waals surface area contributed by atoms with Gasteiger partial charge in [0.1, 0.15) is 5.15 Å².